The number of aromatic nitrogens is 2. The summed E-state index contributed by atoms with van der Waals surface area (Å²) in [7, 11) is 0. The Morgan fingerprint density at radius 3 is 2.40 bits per heavy atom. The van der Waals surface area contributed by atoms with Gasteiger partial charge in [0.2, 0.25) is 0 Å². The maximum Gasteiger partial charge on any atom is 0.182 e. The third kappa shape index (κ3) is 6.09. The minimum absolute atomic E-state index is 0.604. The van der Waals surface area contributed by atoms with Crippen molar-refractivity contribution < 1.29 is 4.39 Å². The highest BCUT2D eigenvalue weighted by atomic mass is 19.1. The van der Waals surface area contributed by atoms with Gasteiger partial charge < -0.3 is 0 Å². The van der Waals surface area contributed by atoms with Gasteiger partial charge in [-0.25, -0.2) is 14.4 Å². The number of halogens is 1. The molecular weight excluding hydrogens is 373 g/mol. The Kier molecular flexibility index (Phi) is 8.08. The SMILES string of the molecule is C=C(C)/C=c1/c(C)nc(CCCCc2c(CC)cccc2C(C)(N)F)nc1=C(C)C. The summed E-state index contributed by atoms with van der Waals surface area (Å²) in [5.41, 5.74) is 11.8. The first-order valence-corrected chi connectivity index (χ1v) is 10.8. The van der Waals surface area contributed by atoms with Gasteiger partial charge in [0, 0.05) is 22.9 Å². The van der Waals surface area contributed by atoms with Crippen molar-refractivity contribution in [3.8, 4) is 0 Å². The lowest BCUT2D eigenvalue weighted by atomic mass is 9.90. The van der Waals surface area contributed by atoms with Gasteiger partial charge in [-0.15, -0.1) is 0 Å². The third-order valence-corrected chi connectivity index (χ3v) is 5.30. The van der Waals surface area contributed by atoms with Crippen LogP contribution in [-0.2, 0) is 25.1 Å². The molecule has 0 spiro atoms. The normalized spacial score (nSPS) is 13.9. The minimum Gasteiger partial charge on any atom is -0.296 e. The Balaban J connectivity index is 2.20. The van der Waals surface area contributed by atoms with Crippen LogP contribution in [0.3, 0.4) is 0 Å². The standard InChI is InChI=1S/C26H36FN3/c1-8-20-12-11-14-23(26(7,27)28)21(20)13-9-10-15-24-29-19(6)22(16-17(2)3)25(30-24)18(4)5/h11-12,14,16H,2,8-10,13,15,28H2,1,3-7H3/b22-16-. The van der Waals surface area contributed by atoms with Crippen molar-refractivity contribution in [1.29, 1.82) is 0 Å². The second-order valence-electron chi connectivity index (χ2n) is 8.56. The smallest absolute Gasteiger partial charge is 0.182 e. The first kappa shape index (κ1) is 23.9. The number of unbranched alkanes of at least 4 members (excludes halogenated alkanes) is 1. The van der Waals surface area contributed by atoms with Crippen molar-refractivity contribution in [2.75, 3.05) is 0 Å². The van der Waals surface area contributed by atoms with Crippen molar-refractivity contribution in [3.63, 3.8) is 0 Å². The first-order valence-electron chi connectivity index (χ1n) is 10.8. The summed E-state index contributed by atoms with van der Waals surface area (Å²) in [6.45, 7) is 15.7. The highest BCUT2D eigenvalue weighted by molar-refractivity contribution is 5.47. The van der Waals surface area contributed by atoms with Gasteiger partial charge in [-0.05, 0) is 83.1 Å². The fraction of sp³-hybridized carbons (Fsp3) is 0.462. The molecule has 2 aromatic rings. The lowest BCUT2D eigenvalue weighted by Crippen LogP contribution is -2.35. The zero-order chi connectivity index (χ0) is 22.5. The average molecular weight is 410 g/mol. The van der Waals surface area contributed by atoms with Crippen LogP contribution in [0, 0.1) is 6.92 Å². The minimum atomic E-state index is -1.82. The third-order valence-electron chi connectivity index (χ3n) is 5.30. The second-order valence-corrected chi connectivity index (χ2v) is 8.56. The van der Waals surface area contributed by atoms with Crippen LogP contribution >= 0.6 is 0 Å². The van der Waals surface area contributed by atoms with Crippen LogP contribution in [0.4, 0.5) is 4.39 Å². The predicted octanol–water partition coefficient (Wildman–Crippen LogP) is 4.56. The molecule has 1 atom stereocenters. The molecule has 1 aromatic carbocycles. The summed E-state index contributed by atoms with van der Waals surface area (Å²) < 4.78 is 14.5. The van der Waals surface area contributed by atoms with E-state index in [2.05, 4.69) is 33.4 Å². The van der Waals surface area contributed by atoms with E-state index in [4.69, 9.17) is 15.7 Å². The molecule has 0 fully saturated rings. The highest BCUT2D eigenvalue weighted by Crippen LogP contribution is 2.27. The van der Waals surface area contributed by atoms with Gasteiger partial charge in [-0.3, -0.25) is 5.73 Å². The van der Waals surface area contributed by atoms with E-state index in [1.807, 2.05) is 32.1 Å². The number of benzene rings is 1. The molecule has 1 heterocycles. The first-order chi connectivity index (χ1) is 14.0. The molecule has 0 bridgehead atoms. The molecule has 0 aliphatic rings. The average Bonchev–Trinajstić information content (AvgIpc) is 2.65. The van der Waals surface area contributed by atoms with E-state index < -0.39 is 5.79 Å². The van der Waals surface area contributed by atoms with Gasteiger partial charge >= 0.3 is 0 Å². The highest BCUT2D eigenvalue weighted by Gasteiger charge is 2.23. The Hall–Kier alpha value is -2.33. The molecule has 0 saturated heterocycles. The van der Waals surface area contributed by atoms with Crippen LogP contribution in [0.5, 0.6) is 0 Å². The summed E-state index contributed by atoms with van der Waals surface area (Å²) in [5, 5.41) is 2.05. The lowest BCUT2D eigenvalue weighted by Gasteiger charge is -2.21. The van der Waals surface area contributed by atoms with Gasteiger partial charge in [0.05, 0.1) is 5.35 Å². The molecule has 0 amide bonds. The Morgan fingerprint density at radius 1 is 1.17 bits per heavy atom. The second kappa shape index (κ2) is 10.1. The van der Waals surface area contributed by atoms with Gasteiger partial charge in [0.15, 0.2) is 5.79 Å². The lowest BCUT2D eigenvalue weighted by molar-refractivity contribution is 0.201. The van der Waals surface area contributed by atoms with E-state index in [0.717, 1.165) is 65.3 Å². The monoisotopic (exact) mass is 409 g/mol. The molecule has 4 heteroatoms. The summed E-state index contributed by atoms with van der Waals surface area (Å²) in [6.07, 6.45) is 6.40. The van der Waals surface area contributed by atoms with Crippen LogP contribution in [0.25, 0.3) is 11.6 Å². The topological polar surface area (TPSA) is 51.8 Å². The van der Waals surface area contributed by atoms with Crippen LogP contribution in [0.2, 0.25) is 0 Å². The largest absolute Gasteiger partial charge is 0.296 e. The fourth-order valence-corrected chi connectivity index (χ4v) is 3.86. The number of hydrogen-bond acceptors (Lipinski definition) is 3. The molecule has 2 rings (SSSR count). The van der Waals surface area contributed by atoms with Crippen molar-refractivity contribution in [1.82, 2.24) is 9.97 Å². The fourth-order valence-electron chi connectivity index (χ4n) is 3.86. The van der Waals surface area contributed by atoms with E-state index in [1.165, 1.54) is 18.1 Å². The number of nitrogens with zero attached hydrogens (tertiary/aromatic N) is 2. The molecule has 2 N–H and O–H groups in total. The molecule has 0 saturated carbocycles. The van der Waals surface area contributed by atoms with E-state index in [-0.39, 0.29) is 0 Å². The number of aryl methyl sites for hydroxylation is 3. The summed E-state index contributed by atoms with van der Waals surface area (Å²) in [5.74, 6) is -0.958. The summed E-state index contributed by atoms with van der Waals surface area (Å²) >= 11 is 0. The molecule has 0 radical (unpaired) electrons. The van der Waals surface area contributed by atoms with Gasteiger partial charge in [0.25, 0.3) is 0 Å². The Labute approximate surface area is 180 Å². The van der Waals surface area contributed by atoms with E-state index in [9.17, 15) is 4.39 Å². The maximum absolute atomic E-state index is 14.5. The van der Waals surface area contributed by atoms with Crippen molar-refractivity contribution in [2.45, 2.75) is 79.4 Å². The molecule has 3 nitrogen and oxygen atoms in total. The van der Waals surface area contributed by atoms with Crippen molar-refractivity contribution >= 4 is 11.6 Å². The number of hydrogen-bond donors (Lipinski definition) is 1. The van der Waals surface area contributed by atoms with Crippen LogP contribution < -0.4 is 16.3 Å². The summed E-state index contributed by atoms with van der Waals surface area (Å²) in [4.78, 5) is 9.55. The molecule has 0 aliphatic carbocycles. The zero-order valence-electron chi connectivity index (χ0n) is 19.4. The van der Waals surface area contributed by atoms with Gasteiger partial charge in [0.1, 0.15) is 5.82 Å². The summed E-state index contributed by atoms with van der Waals surface area (Å²) in [6, 6.07) is 5.78. The zero-order valence-corrected chi connectivity index (χ0v) is 19.4. The number of nitrogens with two attached hydrogens (primary N) is 1. The van der Waals surface area contributed by atoms with E-state index >= 15 is 0 Å². The molecule has 1 unspecified atom stereocenters. The predicted molar refractivity (Wildman–Crippen MR) is 125 cm³/mol. The van der Waals surface area contributed by atoms with Crippen LogP contribution in [0.1, 0.15) is 75.7 Å². The van der Waals surface area contributed by atoms with E-state index in [0.29, 0.717) is 5.56 Å². The van der Waals surface area contributed by atoms with Crippen LogP contribution in [0.15, 0.2) is 30.4 Å². The quantitative estimate of drug-likeness (QED) is 0.514. The molecule has 30 heavy (non-hydrogen) atoms. The number of allylic oxidation sites excluding steroid dienone is 1. The number of alkyl halides is 1. The molecular formula is C26H36FN3. The molecule has 0 aliphatic heterocycles. The van der Waals surface area contributed by atoms with Gasteiger partial charge in [-0.2, -0.15) is 0 Å². The van der Waals surface area contributed by atoms with Crippen molar-refractivity contribution in [2.24, 2.45) is 5.73 Å². The molecule has 162 valence electrons. The van der Waals surface area contributed by atoms with Crippen LogP contribution in [-0.4, -0.2) is 9.97 Å². The Bertz CT molecular complexity index is 1030. The van der Waals surface area contributed by atoms with E-state index in [1.54, 1.807) is 0 Å². The molecule has 1 aromatic heterocycles. The Morgan fingerprint density at radius 2 is 1.83 bits per heavy atom. The van der Waals surface area contributed by atoms with Gasteiger partial charge in [-0.1, -0.05) is 37.3 Å². The van der Waals surface area contributed by atoms with Crippen molar-refractivity contribution in [3.05, 3.63) is 69.1 Å². The maximum atomic E-state index is 14.5. The number of rotatable bonds is 8.